The van der Waals surface area contributed by atoms with Crippen LogP contribution in [0.15, 0.2) is 47.5 Å². The number of ether oxygens (including phenoxy) is 1. The Morgan fingerprint density at radius 2 is 1.84 bits per heavy atom. The Morgan fingerprint density at radius 3 is 2.45 bits per heavy atom. The normalized spacial score (nSPS) is 15.4. The van der Waals surface area contributed by atoms with Crippen LogP contribution in [0.3, 0.4) is 0 Å². The first-order valence-corrected chi connectivity index (χ1v) is 10.5. The largest absolute Gasteiger partial charge is 0.454 e. The molecule has 3 rings (SSSR count). The first-order chi connectivity index (χ1) is 14.7. The second-order valence-electron chi connectivity index (χ2n) is 6.35. The molecular formula is C20H15Cl2N3O5S. The molecular weight excluding hydrogens is 465 g/mol. The fraction of sp³-hybridized carbons (Fsp3) is 0.150. The summed E-state index contributed by atoms with van der Waals surface area (Å²) in [5.74, 6) is -2.01. The Morgan fingerprint density at radius 1 is 1.13 bits per heavy atom. The van der Waals surface area contributed by atoms with E-state index in [2.05, 4.69) is 10.3 Å². The van der Waals surface area contributed by atoms with E-state index in [4.69, 9.17) is 33.7 Å². The molecule has 0 aromatic heterocycles. The second-order valence-corrected chi connectivity index (χ2v) is 8.41. The van der Waals surface area contributed by atoms with Crippen molar-refractivity contribution in [3.8, 4) is 0 Å². The number of rotatable bonds is 7. The number of thioether (sulfide) groups is 1. The van der Waals surface area contributed by atoms with Crippen molar-refractivity contribution in [2.75, 3.05) is 11.9 Å². The summed E-state index contributed by atoms with van der Waals surface area (Å²) in [5, 5.41) is 2.68. The number of hydrogen-bond acceptors (Lipinski definition) is 7. The zero-order valence-electron chi connectivity index (χ0n) is 15.8. The minimum atomic E-state index is -0.711. The number of benzene rings is 2. The van der Waals surface area contributed by atoms with Gasteiger partial charge in [0.2, 0.25) is 11.7 Å². The molecule has 0 saturated carbocycles. The van der Waals surface area contributed by atoms with E-state index >= 15 is 0 Å². The highest BCUT2D eigenvalue weighted by Gasteiger charge is 2.29. The zero-order chi connectivity index (χ0) is 22.5. The summed E-state index contributed by atoms with van der Waals surface area (Å²) in [6.45, 7) is -0.489. The van der Waals surface area contributed by atoms with Crippen molar-refractivity contribution < 1.29 is 23.9 Å². The molecule has 31 heavy (non-hydrogen) atoms. The summed E-state index contributed by atoms with van der Waals surface area (Å²) in [4.78, 5) is 51.6. The maximum absolute atomic E-state index is 12.2. The number of Topliss-reactive ketones (excluding diaryl/α,β-unsaturated/α-hetero) is 1. The Bertz CT molecular complexity index is 1090. The van der Waals surface area contributed by atoms with Crippen LogP contribution in [0, 0.1) is 0 Å². The molecule has 1 heterocycles. The van der Waals surface area contributed by atoms with E-state index in [1.165, 1.54) is 42.5 Å². The third-order valence-electron chi connectivity index (χ3n) is 4.10. The molecule has 2 amide bonds. The molecule has 2 aromatic carbocycles. The molecule has 160 valence electrons. The van der Waals surface area contributed by atoms with E-state index in [0.29, 0.717) is 10.7 Å². The number of aliphatic imine (C=N–C) groups is 1. The number of anilines is 1. The lowest BCUT2D eigenvalue weighted by atomic mass is 10.1. The summed E-state index contributed by atoms with van der Waals surface area (Å²) >= 11 is 12.8. The standard InChI is InChI=1S/C20H15Cl2N3O5S/c21-11-3-6-13(14(22)7-11)15(26)9-30-19(29)10-1-4-12(5-2-10)24-17(27)8-16-18(28)25-20(23)31-16/h1-7,16H,8-9H2,(H,24,27)(H2,23,25,28). The van der Waals surface area contributed by atoms with Gasteiger partial charge in [0.1, 0.15) is 5.25 Å². The minimum absolute atomic E-state index is 0.0765. The summed E-state index contributed by atoms with van der Waals surface area (Å²) < 4.78 is 5.03. The van der Waals surface area contributed by atoms with Crippen LogP contribution in [0.25, 0.3) is 0 Å². The molecule has 11 heteroatoms. The average Bonchev–Trinajstić information content (AvgIpc) is 3.03. The van der Waals surface area contributed by atoms with Gasteiger partial charge in [0.25, 0.3) is 5.91 Å². The molecule has 1 aliphatic rings. The highest BCUT2D eigenvalue weighted by atomic mass is 35.5. The number of carbonyl (C=O) groups excluding carboxylic acids is 4. The SMILES string of the molecule is NC1=NC(=O)C(CC(=O)Nc2ccc(C(=O)OCC(=O)c3ccc(Cl)cc3Cl)cc2)S1. The fourth-order valence-electron chi connectivity index (χ4n) is 2.61. The lowest BCUT2D eigenvalue weighted by molar-refractivity contribution is -0.121. The zero-order valence-corrected chi connectivity index (χ0v) is 18.1. The summed E-state index contributed by atoms with van der Waals surface area (Å²) in [6.07, 6.45) is -0.0765. The predicted octanol–water partition coefficient (Wildman–Crippen LogP) is 3.32. The maximum atomic E-state index is 12.2. The van der Waals surface area contributed by atoms with Crippen LogP contribution >= 0.6 is 35.0 Å². The van der Waals surface area contributed by atoms with E-state index in [1.807, 2.05) is 0 Å². The van der Waals surface area contributed by atoms with E-state index < -0.39 is 35.4 Å². The van der Waals surface area contributed by atoms with Crippen molar-refractivity contribution in [1.82, 2.24) is 0 Å². The number of hydrogen-bond donors (Lipinski definition) is 2. The van der Waals surface area contributed by atoms with Gasteiger partial charge in [0.15, 0.2) is 11.8 Å². The van der Waals surface area contributed by atoms with Gasteiger partial charge in [-0.2, -0.15) is 4.99 Å². The third kappa shape index (κ3) is 6.06. The maximum Gasteiger partial charge on any atom is 0.338 e. The van der Waals surface area contributed by atoms with Crippen LogP contribution in [0.2, 0.25) is 10.0 Å². The summed E-state index contributed by atoms with van der Waals surface area (Å²) in [7, 11) is 0. The number of esters is 1. The van der Waals surface area contributed by atoms with Gasteiger partial charge < -0.3 is 15.8 Å². The van der Waals surface area contributed by atoms with Crippen LogP contribution in [0.4, 0.5) is 5.69 Å². The van der Waals surface area contributed by atoms with Gasteiger partial charge in [-0.25, -0.2) is 4.79 Å². The van der Waals surface area contributed by atoms with Crippen LogP contribution in [0.1, 0.15) is 27.1 Å². The Labute approximate surface area is 191 Å². The monoisotopic (exact) mass is 479 g/mol. The number of nitrogens with one attached hydrogen (secondary N) is 1. The number of nitrogens with zero attached hydrogens (tertiary/aromatic N) is 1. The number of ketones is 1. The number of nitrogens with two attached hydrogens (primary N) is 1. The van der Waals surface area contributed by atoms with E-state index in [9.17, 15) is 19.2 Å². The van der Waals surface area contributed by atoms with E-state index in [-0.39, 0.29) is 27.7 Å². The molecule has 0 spiro atoms. The van der Waals surface area contributed by atoms with Crippen LogP contribution in [-0.4, -0.2) is 40.6 Å². The lowest BCUT2D eigenvalue weighted by Crippen LogP contribution is -2.21. The van der Waals surface area contributed by atoms with Gasteiger partial charge >= 0.3 is 5.97 Å². The smallest absolute Gasteiger partial charge is 0.338 e. The fourth-order valence-corrected chi connectivity index (χ4v) is 3.95. The van der Waals surface area contributed by atoms with Crippen LogP contribution < -0.4 is 11.1 Å². The number of amidine groups is 1. The van der Waals surface area contributed by atoms with Crippen LogP contribution in [0.5, 0.6) is 0 Å². The Balaban J connectivity index is 1.51. The molecule has 0 aliphatic carbocycles. The molecule has 1 aliphatic heterocycles. The van der Waals surface area contributed by atoms with Gasteiger partial charge in [-0.05, 0) is 42.5 Å². The second kappa shape index (κ2) is 9.95. The van der Waals surface area contributed by atoms with Gasteiger partial charge in [-0.15, -0.1) is 0 Å². The minimum Gasteiger partial charge on any atom is -0.454 e. The Kier molecular flexibility index (Phi) is 7.32. The third-order valence-corrected chi connectivity index (χ3v) is 5.63. The molecule has 1 atom stereocenters. The molecule has 0 bridgehead atoms. The van der Waals surface area contributed by atoms with Crippen molar-refractivity contribution in [3.05, 3.63) is 63.6 Å². The van der Waals surface area contributed by atoms with Crippen molar-refractivity contribution in [1.29, 1.82) is 0 Å². The molecule has 8 nitrogen and oxygen atoms in total. The van der Waals surface area contributed by atoms with Gasteiger partial charge in [-0.3, -0.25) is 14.4 Å². The number of carbonyl (C=O) groups is 4. The molecule has 2 aromatic rings. The van der Waals surface area contributed by atoms with Gasteiger partial charge in [0.05, 0.1) is 10.6 Å². The summed E-state index contributed by atoms with van der Waals surface area (Å²) in [5.41, 5.74) is 6.28. The topological polar surface area (TPSA) is 128 Å². The quantitative estimate of drug-likeness (QED) is 0.460. The van der Waals surface area contributed by atoms with Crippen molar-refractivity contribution in [3.63, 3.8) is 0 Å². The van der Waals surface area contributed by atoms with Crippen LogP contribution in [-0.2, 0) is 14.3 Å². The average molecular weight is 480 g/mol. The Hall–Kier alpha value is -2.88. The first kappa shape index (κ1) is 22.8. The van der Waals surface area contributed by atoms with E-state index in [0.717, 1.165) is 11.8 Å². The highest BCUT2D eigenvalue weighted by Crippen LogP contribution is 2.24. The van der Waals surface area contributed by atoms with Crippen molar-refractivity contribution in [2.45, 2.75) is 11.7 Å². The number of amides is 2. The van der Waals surface area contributed by atoms with E-state index in [1.54, 1.807) is 0 Å². The first-order valence-electron chi connectivity index (χ1n) is 8.83. The predicted molar refractivity (Wildman–Crippen MR) is 119 cm³/mol. The van der Waals surface area contributed by atoms with Gasteiger partial charge in [-0.1, -0.05) is 35.0 Å². The highest BCUT2D eigenvalue weighted by molar-refractivity contribution is 8.15. The van der Waals surface area contributed by atoms with Crippen molar-refractivity contribution in [2.24, 2.45) is 10.7 Å². The molecule has 1 unspecified atom stereocenters. The van der Waals surface area contributed by atoms with Crippen molar-refractivity contribution >= 4 is 69.4 Å². The summed E-state index contributed by atoms with van der Waals surface area (Å²) in [6, 6.07) is 10.3. The molecule has 3 N–H and O–H groups in total. The molecule has 0 fully saturated rings. The number of halogens is 2. The lowest BCUT2D eigenvalue weighted by Gasteiger charge is -2.09. The molecule has 0 saturated heterocycles. The molecule has 0 radical (unpaired) electrons. The van der Waals surface area contributed by atoms with Gasteiger partial charge in [0, 0.05) is 22.7 Å².